The van der Waals surface area contributed by atoms with Gasteiger partial charge in [0.05, 0.1) is 26.6 Å². The molecule has 0 aliphatic carbocycles. The number of nitrogens with one attached hydrogen (secondary N) is 1. The van der Waals surface area contributed by atoms with Gasteiger partial charge in [-0.05, 0) is 18.9 Å². The van der Waals surface area contributed by atoms with Gasteiger partial charge >= 0.3 is 0 Å². The van der Waals surface area contributed by atoms with Crippen LogP contribution in [0.2, 0.25) is 0 Å². The molecule has 3 rings (SSSR count). The Morgan fingerprint density at radius 3 is 2.95 bits per heavy atom. The van der Waals surface area contributed by atoms with Gasteiger partial charge in [-0.2, -0.15) is 0 Å². The molecule has 1 fully saturated rings. The van der Waals surface area contributed by atoms with Crippen LogP contribution in [0.15, 0.2) is 18.2 Å². The van der Waals surface area contributed by atoms with E-state index >= 15 is 0 Å². The maximum Gasteiger partial charge on any atom is 0.270 e. The zero-order valence-corrected chi connectivity index (χ0v) is 12.6. The molecule has 1 aromatic heterocycles. The fraction of sp³-hybridized carbons (Fsp3) is 0.417. The second kappa shape index (κ2) is 5.23. The number of nitrogens with zero attached hydrogens (tertiary/aromatic N) is 2. The zero-order chi connectivity index (χ0) is 15.0. The Hall–Kier alpha value is -1.74. The molecule has 0 radical (unpaired) electrons. The van der Waals surface area contributed by atoms with Crippen molar-refractivity contribution < 1.29 is 13.3 Å². The first-order valence-electron chi connectivity index (χ1n) is 6.45. The first kappa shape index (κ1) is 14.2. The van der Waals surface area contributed by atoms with Crippen molar-refractivity contribution in [3.63, 3.8) is 0 Å². The maximum absolute atomic E-state index is 11.6. The molecular formula is C12H13N3O4S2. The Labute approximate surface area is 125 Å². The van der Waals surface area contributed by atoms with Crippen LogP contribution in [0.3, 0.4) is 0 Å². The molecule has 7 nitrogen and oxygen atoms in total. The van der Waals surface area contributed by atoms with E-state index in [0.29, 0.717) is 21.8 Å². The van der Waals surface area contributed by atoms with Gasteiger partial charge in [0.15, 0.2) is 15.0 Å². The molecule has 1 aromatic carbocycles. The molecule has 0 amide bonds. The van der Waals surface area contributed by atoms with Crippen LogP contribution < -0.4 is 5.32 Å². The van der Waals surface area contributed by atoms with Gasteiger partial charge in [-0.25, -0.2) is 13.4 Å². The number of thiazole rings is 1. The summed E-state index contributed by atoms with van der Waals surface area (Å²) >= 11 is 1.30. The molecule has 1 aliphatic rings. The zero-order valence-electron chi connectivity index (χ0n) is 11.0. The number of benzene rings is 1. The fourth-order valence-corrected chi connectivity index (χ4v) is 5.01. The van der Waals surface area contributed by atoms with Crippen molar-refractivity contribution in [3.8, 4) is 0 Å². The maximum atomic E-state index is 11.6. The van der Waals surface area contributed by atoms with Crippen LogP contribution in [-0.4, -0.2) is 35.9 Å². The number of sulfone groups is 1. The van der Waals surface area contributed by atoms with Crippen LogP contribution in [0.4, 0.5) is 10.8 Å². The largest absolute Gasteiger partial charge is 0.358 e. The van der Waals surface area contributed by atoms with Gasteiger partial charge in [-0.1, -0.05) is 11.3 Å². The van der Waals surface area contributed by atoms with Crippen LogP contribution in [0.25, 0.3) is 10.2 Å². The van der Waals surface area contributed by atoms with E-state index in [-0.39, 0.29) is 23.2 Å². The Kier molecular flexibility index (Phi) is 3.54. The van der Waals surface area contributed by atoms with E-state index in [9.17, 15) is 18.5 Å². The van der Waals surface area contributed by atoms with E-state index in [1.165, 1.54) is 23.5 Å². The van der Waals surface area contributed by atoms with E-state index in [2.05, 4.69) is 10.3 Å². The SMILES string of the molecule is O=[N+]([O-])c1ccc2nc(NC3CCCS(=O)(=O)C3)sc2c1. The summed E-state index contributed by atoms with van der Waals surface area (Å²) < 4.78 is 23.9. The molecule has 2 aromatic rings. The number of hydrogen-bond donors (Lipinski definition) is 1. The molecule has 21 heavy (non-hydrogen) atoms. The van der Waals surface area contributed by atoms with Crippen LogP contribution in [0.1, 0.15) is 12.8 Å². The Morgan fingerprint density at radius 2 is 2.24 bits per heavy atom. The van der Waals surface area contributed by atoms with Gasteiger partial charge in [0.25, 0.3) is 5.69 Å². The first-order chi connectivity index (χ1) is 9.93. The van der Waals surface area contributed by atoms with E-state index in [1.807, 2.05) is 0 Å². The molecule has 112 valence electrons. The van der Waals surface area contributed by atoms with Crippen molar-refractivity contribution in [2.24, 2.45) is 0 Å². The predicted octanol–water partition coefficient (Wildman–Crippen LogP) is 2.19. The summed E-state index contributed by atoms with van der Waals surface area (Å²) in [5, 5.41) is 14.5. The normalized spacial score (nSPS) is 21.2. The second-order valence-corrected chi connectivity index (χ2v) is 8.29. The third-order valence-corrected chi connectivity index (χ3v) is 6.14. The van der Waals surface area contributed by atoms with Crippen molar-refractivity contribution in [1.29, 1.82) is 0 Å². The fourth-order valence-electron chi connectivity index (χ4n) is 2.40. The van der Waals surface area contributed by atoms with Crippen LogP contribution in [0.5, 0.6) is 0 Å². The Bertz CT molecular complexity index is 800. The van der Waals surface area contributed by atoms with Gasteiger partial charge in [-0.15, -0.1) is 0 Å². The van der Waals surface area contributed by atoms with Crippen molar-refractivity contribution in [2.45, 2.75) is 18.9 Å². The van der Waals surface area contributed by atoms with Crippen LogP contribution in [0, 0.1) is 10.1 Å². The number of non-ortho nitro benzene ring substituents is 1. The number of hydrogen-bond acceptors (Lipinski definition) is 7. The van der Waals surface area contributed by atoms with Crippen molar-refractivity contribution in [2.75, 3.05) is 16.8 Å². The summed E-state index contributed by atoms with van der Waals surface area (Å²) in [6.07, 6.45) is 1.44. The molecule has 0 bridgehead atoms. The van der Waals surface area contributed by atoms with Gasteiger partial charge in [0.1, 0.15) is 0 Å². The summed E-state index contributed by atoms with van der Waals surface area (Å²) in [5.41, 5.74) is 0.699. The molecule has 1 saturated heterocycles. The van der Waals surface area contributed by atoms with E-state index in [1.54, 1.807) is 6.07 Å². The highest BCUT2D eigenvalue weighted by atomic mass is 32.2. The standard InChI is InChI=1S/C12H13N3O4S2/c16-15(17)9-3-4-10-11(6-9)20-12(14-10)13-8-2-1-5-21(18,19)7-8/h3-4,6,8H,1-2,5,7H2,(H,13,14). The van der Waals surface area contributed by atoms with Gasteiger partial charge < -0.3 is 5.32 Å². The topological polar surface area (TPSA) is 102 Å². The molecule has 1 N–H and O–H groups in total. The quantitative estimate of drug-likeness (QED) is 0.685. The lowest BCUT2D eigenvalue weighted by molar-refractivity contribution is -0.384. The molecule has 1 atom stereocenters. The third-order valence-electron chi connectivity index (χ3n) is 3.37. The van der Waals surface area contributed by atoms with Crippen molar-refractivity contribution in [1.82, 2.24) is 4.98 Å². The number of nitro groups is 1. The summed E-state index contributed by atoms with van der Waals surface area (Å²) in [7, 11) is -2.98. The minimum atomic E-state index is -2.98. The van der Waals surface area contributed by atoms with Crippen molar-refractivity contribution >= 4 is 42.2 Å². The van der Waals surface area contributed by atoms with Gasteiger partial charge in [-0.3, -0.25) is 10.1 Å². The summed E-state index contributed by atoms with van der Waals surface area (Å²) in [4.78, 5) is 14.6. The molecule has 9 heteroatoms. The number of rotatable bonds is 3. The van der Waals surface area contributed by atoms with E-state index in [0.717, 1.165) is 6.42 Å². The highest BCUT2D eigenvalue weighted by Gasteiger charge is 2.25. The highest BCUT2D eigenvalue weighted by molar-refractivity contribution is 7.91. The molecule has 1 aliphatic heterocycles. The van der Waals surface area contributed by atoms with E-state index in [4.69, 9.17) is 0 Å². The molecule has 2 heterocycles. The lowest BCUT2D eigenvalue weighted by Gasteiger charge is -2.22. The van der Waals surface area contributed by atoms with Gasteiger partial charge in [0.2, 0.25) is 0 Å². The number of aromatic nitrogens is 1. The van der Waals surface area contributed by atoms with Crippen molar-refractivity contribution in [3.05, 3.63) is 28.3 Å². The minimum absolute atomic E-state index is 0.0259. The molecule has 0 saturated carbocycles. The monoisotopic (exact) mass is 327 g/mol. The lowest BCUT2D eigenvalue weighted by atomic mass is 10.2. The summed E-state index contributed by atoms with van der Waals surface area (Å²) in [6, 6.07) is 4.36. The average molecular weight is 327 g/mol. The summed E-state index contributed by atoms with van der Waals surface area (Å²) in [6.45, 7) is 0. The molecule has 1 unspecified atom stereocenters. The minimum Gasteiger partial charge on any atom is -0.358 e. The Balaban J connectivity index is 1.83. The average Bonchev–Trinajstić information content (AvgIpc) is 2.78. The molecule has 0 spiro atoms. The number of nitro benzene ring substituents is 1. The van der Waals surface area contributed by atoms with Crippen LogP contribution in [-0.2, 0) is 9.84 Å². The van der Waals surface area contributed by atoms with E-state index < -0.39 is 14.8 Å². The number of fused-ring (bicyclic) bond motifs is 1. The lowest BCUT2D eigenvalue weighted by Crippen LogP contribution is -2.34. The summed E-state index contributed by atoms with van der Waals surface area (Å²) in [5.74, 6) is 0.361. The predicted molar refractivity (Wildman–Crippen MR) is 81.6 cm³/mol. The number of anilines is 1. The molecular weight excluding hydrogens is 314 g/mol. The smallest absolute Gasteiger partial charge is 0.270 e. The second-order valence-electron chi connectivity index (χ2n) is 5.03. The van der Waals surface area contributed by atoms with Gasteiger partial charge in [0, 0.05) is 18.2 Å². The Morgan fingerprint density at radius 1 is 1.43 bits per heavy atom. The highest BCUT2D eigenvalue weighted by Crippen LogP contribution is 2.30. The third kappa shape index (κ3) is 3.13. The first-order valence-corrected chi connectivity index (χ1v) is 9.09. The van der Waals surface area contributed by atoms with Crippen LogP contribution >= 0.6 is 11.3 Å².